The second-order valence-corrected chi connectivity index (χ2v) is 6.43. The Morgan fingerprint density at radius 1 is 1.35 bits per heavy atom. The maximum Gasteiger partial charge on any atom is 0.314 e. The van der Waals surface area contributed by atoms with Crippen LogP contribution in [0.5, 0.6) is 5.75 Å². The number of ether oxygens (including phenoxy) is 1. The quantitative estimate of drug-likeness (QED) is 0.473. The van der Waals surface area contributed by atoms with Gasteiger partial charge >= 0.3 is 5.97 Å². The second kappa shape index (κ2) is 7.37. The number of benzene rings is 1. The van der Waals surface area contributed by atoms with E-state index in [0.29, 0.717) is 15.7 Å². The molecule has 1 saturated carbocycles. The highest BCUT2D eigenvalue weighted by Gasteiger charge is 2.27. The van der Waals surface area contributed by atoms with Crippen LogP contribution in [0.2, 0.25) is 5.02 Å². The highest BCUT2D eigenvalue weighted by Crippen LogP contribution is 2.33. The lowest BCUT2D eigenvalue weighted by atomic mass is 9.80. The standard InChI is InChI=1S/C16H21ClO2S/c1-2-3-11-4-6-12(7-5-11)16(18)19-13-8-9-15(20)14(17)10-13/h8-12,20H,2-7H2,1H3. The monoisotopic (exact) mass is 312 g/mol. The van der Waals surface area contributed by atoms with Gasteiger partial charge in [0, 0.05) is 11.0 Å². The van der Waals surface area contributed by atoms with Gasteiger partial charge in [-0.05, 0) is 43.7 Å². The van der Waals surface area contributed by atoms with Crippen LogP contribution in [0, 0.1) is 11.8 Å². The summed E-state index contributed by atoms with van der Waals surface area (Å²) in [6.45, 7) is 2.22. The summed E-state index contributed by atoms with van der Waals surface area (Å²) < 4.78 is 5.43. The van der Waals surface area contributed by atoms with Crippen LogP contribution in [-0.4, -0.2) is 5.97 Å². The average Bonchev–Trinajstić information content (AvgIpc) is 2.44. The Labute approximate surface area is 131 Å². The molecule has 1 aliphatic carbocycles. The molecule has 0 N–H and O–H groups in total. The number of rotatable bonds is 4. The minimum absolute atomic E-state index is 0.0394. The van der Waals surface area contributed by atoms with Gasteiger partial charge in [0.25, 0.3) is 0 Å². The zero-order chi connectivity index (χ0) is 14.5. The Morgan fingerprint density at radius 3 is 2.65 bits per heavy atom. The van der Waals surface area contributed by atoms with Gasteiger partial charge in [-0.1, -0.05) is 31.4 Å². The molecule has 4 heteroatoms. The van der Waals surface area contributed by atoms with Crippen LogP contribution >= 0.6 is 24.2 Å². The van der Waals surface area contributed by atoms with Crippen LogP contribution in [0.3, 0.4) is 0 Å². The fourth-order valence-corrected chi connectivity index (χ4v) is 3.16. The fraction of sp³-hybridized carbons (Fsp3) is 0.562. The predicted octanol–water partition coefficient (Wildman–Crippen LogP) is 5.14. The molecule has 0 unspecified atom stereocenters. The molecule has 0 radical (unpaired) electrons. The summed E-state index contributed by atoms with van der Waals surface area (Å²) in [5, 5.41) is 0.505. The fourth-order valence-electron chi connectivity index (χ4n) is 2.85. The van der Waals surface area contributed by atoms with E-state index in [-0.39, 0.29) is 11.9 Å². The molecule has 0 aliphatic heterocycles. The second-order valence-electron chi connectivity index (χ2n) is 5.54. The van der Waals surface area contributed by atoms with Crippen molar-refractivity contribution in [3.8, 4) is 5.75 Å². The minimum atomic E-state index is -0.122. The third-order valence-electron chi connectivity index (χ3n) is 4.01. The molecular formula is C16H21ClO2S. The SMILES string of the molecule is CCCC1CCC(C(=O)Oc2ccc(S)c(Cl)c2)CC1. The van der Waals surface area contributed by atoms with Crippen molar-refractivity contribution in [3.05, 3.63) is 23.2 Å². The topological polar surface area (TPSA) is 26.3 Å². The highest BCUT2D eigenvalue weighted by atomic mass is 35.5. The van der Waals surface area contributed by atoms with Gasteiger partial charge in [0.2, 0.25) is 0 Å². The summed E-state index contributed by atoms with van der Waals surface area (Å²) in [5.41, 5.74) is 0. The smallest absolute Gasteiger partial charge is 0.314 e. The summed E-state index contributed by atoms with van der Waals surface area (Å²) in [4.78, 5) is 12.8. The molecule has 0 heterocycles. The lowest BCUT2D eigenvalue weighted by molar-refractivity contribution is -0.140. The molecule has 0 aromatic heterocycles. The molecule has 0 atom stereocenters. The van der Waals surface area contributed by atoms with Gasteiger partial charge in [-0.15, -0.1) is 12.6 Å². The highest BCUT2D eigenvalue weighted by molar-refractivity contribution is 7.80. The van der Waals surface area contributed by atoms with Crippen molar-refractivity contribution >= 4 is 30.2 Å². The Balaban J connectivity index is 1.88. The number of thiol groups is 1. The van der Waals surface area contributed by atoms with Crippen LogP contribution in [-0.2, 0) is 4.79 Å². The van der Waals surface area contributed by atoms with Gasteiger partial charge in [-0.25, -0.2) is 0 Å². The number of halogens is 1. The van der Waals surface area contributed by atoms with Crippen molar-refractivity contribution in [2.45, 2.75) is 50.3 Å². The molecule has 1 fully saturated rings. The third kappa shape index (κ3) is 4.16. The normalized spacial score (nSPS) is 22.6. The van der Waals surface area contributed by atoms with Crippen molar-refractivity contribution in [2.24, 2.45) is 11.8 Å². The molecule has 20 heavy (non-hydrogen) atoms. The van der Waals surface area contributed by atoms with Gasteiger partial charge < -0.3 is 4.74 Å². The number of hydrogen-bond donors (Lipinski definition) is 1. The minimum Gasteiger partial charge on any atom is -0.426 e. The van der Waals surface area contributed by atoms with E-state index < -0.39 is 0 Å². The van der Waals surface area contributed by atoms with E-state index in [9.17, 15) is 4.79 Å². The van der Waals surface area contributed by atoms with Gasteiger partial charge in [0.15, 0.2) is 0 Å². The van der Waals surface area contributed by atoms with Gasteiger partial charge in [-0.3, -0.25) is 4.79 Å². The molecule has 1 aliphatic rings. The van der Waals surface area contributed by atoms with Gasteiger partial charge in [0.1, 0.15) is 5.75 Å². The number of carbonyl (C=O) groups excluding carboxylic acids is 1. The first kappa shape index (κ1) is 15.7. The summed E-state index contributed by atoms with van der Waals surface area (Å²) in [7, 11) is 0. The largest absolute Gasteiger partial charge is 0.426 e. The molecule has 110 valence electrons. The first-order chi connectivity index (χ1) is 9.60. The maximum absolute atomic E-state index is 12.1. The van der Waals surface area contributed by atoms with Crippen LogP contribution in [0.4, 0.5) is 0 Å². The molecular weight excluding hydrogens is 292 g/mol. The molecule has 1 aromatic rings. The zero-order valence-electron chi connectivity index (χ0n) is 11.8. The molecule has 0 amide bonds. The summed E-state index contributed by atoms with van der Waals surface area (Å²) in [6, 6.07) is 5.12. The van der Waals surface area contributed by atoms with Crippen molar-refractivity contribution in [1.82, 2.24) is 0 Å². The number of carbonyl (C=O) groups is 1. The Morgan fingerprint density at radius 2 is 2.05 bits per heavy atom. The first-order valence-corrected chi connectivity index (χ1v) is 8.13. The lowest BCUT2D eigenvalue weighted by Crippen LogP contribution is -2.25. The van der Waals surface area contributed by atoms with Crippen LogP contribution in [0.15, 0.2) is 23.1 Å². The summed E-state index contributed by atoms with van der Waals surface area (Å²) in [6.07, 6.45) is 6.69. The molecule has 1 aromatic carbocycles. The summed E-state index contributed by atoms with van der Waals surface area (Å²) in [5.74, 6) is 1.22. The van der Waals surface area contributed by atoms with E-state index >= 15 is 0 Å². The van der Waals surface area contributed by atoms with Crippen LogP contribution in [0.25, 0.3) is 0 Å². The van der Waals surface area contributed by atoms with E-state index in [1.54, 1.807) is 18.2 Å². The van der Waals surface area contributed by atoms with E-state index in [4.69, 9.17) is 16.3 Å². The van der Waals surface area contributed by atoms with E-state index in [0.717, 1.165) is 31.6 Å². The molecule has 0 saturated heterocycles. The zero-order valence-corrected chi connectivity index (χ0v) is 13.4. The van der Waals surface area contributed by atoms with Crippen LogP contribution in [0.1, 0.15) is 45.4 Å². The van der Waals surface area contributed by atoms with E-state index in [1.807, 2.05) is 0 Å². The third-order valence-corrected chi connectivity index (χ3v) is 4.85. The first-order valence-electron chi connectivity index (χ1n) is 7.30. The lowest BCUT2D eigenvalue weighted by Gasteiger charge is -2.26. The Bertz CT molecular complexity index is 468. The average molecular weight is 313 g/mol. The maximum atomic E-state index is 12.1. The van der Waals surface area contributed by atoms with Crippen molar-refractivity contribution in [3.63, 3.8) is 0 Å². The van der Waals surface area contributed by atoms with Gasteiger partial charge in [0.05, 0.1) is 10.9 Å². The molecule has 0 spiro atoms. The Hall–Kier alpha value is -0.670. The van der Waals surface area contributed by atoms with Crippen molar-refractivity contribution < 1.29 is 9.53 Å². The molecule has 2 nitrogen and oxygen atoms in total. The van der Waals surface area contributed by atoms with E-state index in [1.165, 1.54) is 12.8 Å². The number of esters is 1. The van der Waals surface area contributed by atoms with Gasteiger partial charge in [-0.2, -0.15) is 0 Å². The van der Waals surface area contributed by atoms with Crippen molar-refractivity contribution in [1.29, 1.82) is 0 Å². The predicted molar refractivity (Wildman–Crippen MR) is 84.7 cm³/mol. The van der Waals surface area contributed by atoms with E-state index in [2.05, 4.69) is 19.6 Å². The van der Waals surface area contributed by atoms with Crippen molar-refractivity contribution in [2.75, 3.05) is 0 Å². The molecule has 0 bridgehead atoms. The summed E-state index contributed by atoms with van der Waals surface area (Å²) >= 11 is 10.2. The Kier molecular flexibility index (Phi) is 5.79. The van der Waals surface area contributed by atoms with Crippen LogP contribution < -0.4 is 4.74 Å². The molecule has 2 rings (SSSR count). The number of hydrogen-bond acceptors (Lipinski definition) is 3.